The summed E-state index contributed by atoms with van der Waals surface area (Å²) < 4.78 is 0. The molecule has 27 heavy (non-hydrogen) atoms. The van der Waals surface area contributed by atoms with Gasteiger partial charge in [0.25, 0.3) is 0 Å². The van der Waals surface area contributed by atoms with Crippen LogP contribution in [0.5, 0.6) is 0 Å². The van der Waals surface area contributed by atoms with E-state index in [1.54, 1.807) is 0 Å². The van der Waals surface area contributed by atoms with Crippen molar-refractivity contribution in [3.8, 4) is 0 Å². The molecule has 0 radical (unpaired) electrons. The Kier molecular flexibility index (Phi) is 5.79. The van der Waals surface area contributed by atoms with Crippen LogP contribution < -0.4 is 5.73 Å². The van der Waals surface area contributed by atoms with Crippen LogP contribution in [-0.4, -0.2) is 10.7 Å². The van der Waals surface area contributed by atoms with Crippen molar-refractivity contribution in [3.05, 3.63) is 106 Å². The third kappa shape index (κ3) is 4.65. The molecule has 140 valence electrons. The summed E-state index contributed by atoms with van der Waals surface area (Å²) in [5.74, 6) is 0. The molecule has 2 heteroatoms. The Morgan fingerprint density at radius 1 is 0.778 bits per heavy atom. The maximum atomic E-state index is 11.8. The summed E-state index contributed by atoms with van der Waals surface area (Å²) in [5.41, 5.74) is 12.3. The number of aliphatic hydroxyl groups is 1. The number of hydrogen-bond donors (Lipinski definition) is 2. The first-order chi connectivity index (χ1) is 12.9. The zero-order valence-electron chi connectivity index (χ0n) is 16.4. The Morgan fingerprint density at radius 2 is 1.30 bits per heavy atom. The normalized spacial score (nSPS) is 12.8. The lowest BCUT2D eigenvalue weighted by Crippen LogP contribution is -2.45. The van der Waals surface area contributed by atoms with Crippen molar-refractivity contribution in [3.63, 3.8) is 0 Å². The molecule has 0 bridgehead atoms. The average Bonchev–Trinajstić information content (AvgIpc) is 2.61. The number of benzene rings is 3. The van der Waals surface area contributed by atoms with Gasteiger partial charge in [0.2, 0.25) is 0 Å². The monoisotopic (exact) mass is 359 g/mol. The Balaban J connectivity index is 2.00. The molecule has 2 nitrogen and oxygen atoms in total. The zero-order valence-corrected chi connectivity index (χ0v) is 16.4. The predicted molar refractivity (Wildman–Crippen MR) is 113 cm³/mol. The highest BCUT2D eigenvalue weighted by atomic mass is 16.3. The topological polar surface area (TPSA) is 46.2 Å². The van der Waals surface area contributed by atoms with Crippen molar-refractivity contribution < 1.29 is 5.11 Å². The fourth-order valence-corrected chi connectivity index (χ4v) is 3.86. The molecule has 0 aromatic heterocycles. The predicted octanol–water partition coefficient (Wildman–Crippen LogP) is 4.83. The molecule has 0 saturated carbocycles. The molecule has 3 aromatic rings. The minimum atomic E-state index is -1.08. The molecule has 0 heterocycles. The molecule has 3 aromatic carbocycles. The Bertz CT molecular complexity index is 868. The van der Waals surface area contributed by atoms with Gasteiger partial charge < -0.3 is 10.8 Å². The Hall–Kier alpha value is -2.42. The van der Waals surface area contributed by atoms with Crippen LogP contribution in [0.2, 0.25) is 0 Å². The summed E-state index contributed by atoms with van der Waals surface area (Å²) in [7, 11) is 0. The van der Waals surface area contributed by atoms with Crippen molar-refractivity contribution in [2.24, 2.45) is 5.73 Å². The molecule has 0 aliphatic heterocycles. The van der Waals surface area contributed by atoms with Crippen LogP contribution in [0.3, 0.4) is 0 Å². The van der Waals surface area contributed by atoms with Crippen molar-refractivity contribution in [2.45, 2.75) is 45.3 Å². The van der Waals surface area contributed by atoms with Gasteiger partial charge >= 0.3 is 0 Å². The molecule has 3 N–H and O–H groups in total. The van der Waals surface area contributed by atoms with E-state index in [2.05, 4.69) is 63.2 Å². The molecule has 0 aliphatic rings. The van der Waals surface area contributed by atoms with E-state index in [0.717, 1.165) is 22.3 Å². The maximum Gasteiger partial charge on any atom is 0.0919 e. The first kappa shape index (κ1) is 19.3. The van der Waals surface area contributed by atoms with E-state index in [9.17, 15) is 5.11 Å². The van der Waals surface area contributed by atoms with Gasteiger partial charge in [-0.05, 0) is 43.0 Å². The molecular formula is C25H29NO. The molecule has 3 rings (SSSR count). The average molecular weight is 360 g/mol. The molecule has 1 unspecified atom stereocenters. The van der Waals surface area contributed by atoms with Crippen LogP contribution in [-0.2, 0) is 12.8 Å². The van der Waals surface area contributed by atoms with Crippen LogP contribution in [0.25, 0.3) is 0 Å². The summed E-state index contributed by atoms with van der Waals surface area (Å²) in [6.45, 7) is 6.20. The summed E-state index contributed by atoms with van der Waals surface area (Å²) in [5, 5.41) is 11.8. The van der Waals surface area contributed by atoms with Gasteiger partial charge in [-0.25, -0.2) is 0 Å². The lowest BCUT2D eigenvalue weighted by molar-refractivity contribution is 0.0134. The minimum absolute atomic E-state index is 0.472. The number of nitrogens with two attached hydrogens (primary N) is 1. The second-order valence-corrected chi connectivity index (χ2v) is 7.77. The third-order valence-corrected chi connectivity index (χ3v) is 5.29. The van der Waals surface area contributed by atoms with Crippen LogP contribution >= 0.6 is 0 Å². The van der Waals surface area contributed by atoms with Crippen molar-refractivity contribution in [1.82, 2.24) is 0 Å². The Morgan fingerprint density at radius 3 is 1.78 bits per heavy atom. The number of aryl methyl sites for hydroxylation is 3. The van der Waals surface area contributed by atoms with Crippen LogP contribution in [0, 0.1) is 20.8 Å². The molecular weight excluding hydrogens is 330 g/mol. The highest BCUT2D eigenvalue weighted by Gasteiger charge is 2.36. The lowest BCUT2D eigenvalue weighted by atomic mass is 9.78. The van der Waals surface area contributed by atoms with Crippen LogP contribution in [0.15, 0.2) is 72.8 Å². The largest absolute Gasteiger partial charge is 0.387 e. The number of hydrogen-bond acceptors (Lipinski definition) is 2. The van der Waals surface area contributed by atoms with Crippen molar-refractivity contribution in [1.29, 1.82) is 0 Å². The highest BCUT2D eigenvalue weighted by Crippen LogP contribution is 2.33. The second-order valence-electron chi connectivity index (χ2n) is 7.77. The molecule has 0 spiro atoms. The summed E-state index contributed by atoms with van der Waals surface area (Å²) in [6.07, 6.45) is 1.02. The van der Waals surface area contributed by atoms with E-state index in [1.165, 1.54) is 11.1 Å². The SMILES string of the molecule is Cc1cccc(CC(O)(Cc2cccc(C)c2)C(N)c2ccccc2C)c1. The quantitative estimate of drug-likeness (QED) is 0.662. The van der Waals surface area contributed by atoms with Gasteiger partial charge in [-0.3, -0.25) is 0 Å². The van der Waals surface area contributed by atoms with Gasteiger partial charge in [-0.1, -0.05) is 83.9 Å². The Labute approximate surface area is 162 Å². The second kappa shape index (κ2) is 8.08. The van der Waals surface area contributed by atoms with E-state index in [0.29, 0.717) is 12.8 Å². The van der Waals surface area contributed by atoms with Crippen molar-refractivity contribution >= 4 is 0 Å². The lowest BCUT2D eigenvalue weighted by Gasteiger charge is -2.35. The molecule has 0 amide bonds. The summed E-state index contributed by atoms with van der Waals surface area (Å²) >= 11 is 0. The molecule has 0 aliphatic carbocycles. The fourth-order valence-electron chi connectivity index (χ4n) is 3.86. The van der Waals surface area contributed by atoms with E-state index >= 15 is 0 Å². The van der Waals surface area contributed by atoms with Crippen LogP contribution in [0.4, 0.5) is 0 Å². The molecule has 0 saturated heterocycles. The van der Waals surface area contributed by atoms with Gasteiger partial charge in [0.15, 0.2) is 0 Å². The molecule has 1 atom stereocenters. The summed E-state index contributed by atoms with van der Waals surface area (Å²) in [6, 6.07) is 24.2. The van der Waals surface area contributed by atoms with Gasteiger partial charge in [0.1, 0.15) is 0 Å². The van der Waals surface area contributed by atoms with E-state index in [1.807, 2.05) is 30.3 Å². The fraction of sp³-hybridized carbons (Fsp3) is 0.280. The van der Waals surface area contributed by atoms with E-state index < -0.39 is 11.6 Å². The van der Waals surface area contributed by atoms with Gasteiger partial charge in [-0.15, -0.1) is 0 Å². The maximum absolute atomic E-state index is 11.8. The first-order valence-electron chi connectivity index (χ1n) is 9.52. The van der Waals surface area contributed by atoms with Gasteiger partial charge in [0.05, 0.1) is 11.6 Å². The molecule has 0 fully saturated rings. The van der Waals surface area contributed by atoms with Crippen molar-refractivity contribution in [2.75, 3.05) is 0 Å². The number of rotatable bonds is 6. The minimum Gasteiger partial charge on any atom is -0.387 e. The standard InChI is InChI=1S/C25H29NO/c1-18-8-6-11-21(14-18)16-25(27,17-22-12-7-9-19(2)15-22)24(26)23-13-5-4-10-20(23)3/h4-15,24,27H,16-17,26H2,1-3H3. The summed E-state index contributed by atoms with van der Waals surface area (Å²) in [4.78, 5) is 0. The van der Waals surface area contributed by atoms with Gasteiger partial charge in [0, 0.05) is 12.8 Å². The van der Waals surface area contributed by atoms with E-state index in [4.69, 9.17) is 5.73 Å². The smallest absolute Gasteiger partial charge is 0.0919 e. The van der Waals surface area contributed by atoms with E-state index in [-0.39, 0.29) is 0 Å². The third-order valence-electron chi connectivity index (χ3n) is 5.29. The highest BCUT2D eigenvalue weighted by molar-refractivity contribution is 5.34. The van der Waals surface area contributed by atoms with Gasteiger partial charge in [-0.2, -0.15) is 0 Å². The van der Waals surface area contributed by atoms with Crippen LogP contribution in [0.1, 0.15) is 39.4 Å². The zero-order chi connectivity index (χ0) is 19.4. The first-order valence-corrected chi connectivity index (χ1v) is 9.52.